The van der Waals surface area contributed by atoms with E-state index >= 15 is 0 Å². The van der Waals surface area contributed by atoms with Gasteiger partial charge < -0.3 is 4.90 Å². The minimum atomic E-state index is -4.71. The molecule has 34 heavy (non-hydrogen) atoms. The lowest BCUT2D eigenvalue weighted by Gasteiger charge is -2.14. The van der Waals surface area contributed by atoms with Crippen molar-refractivity contribution in [3.05, 3.63) is 84.6 Å². The van der Waals surface area contributed by atoms with Gasteiger partial charge in [-0.25, -0.2) is 13.1 Å². The highest BCUT2D eigenvalue weighted by Crippen LogP contribution is 2.43. The molecule has 3 aromatic carbocycles. The van der Waals surface area contributed by atoms with Gasteiger partial charge in [0.1, 0.15) is 0 Å². The van der Waals surface area contributed by atoms with Gasteiger partial charge in [0.05, 0.1) is 16.3 Å². The maximum absolute atomic E-state index is 14.2. The number of halogens is 3. The first-order valence-electron chi connectivity index (χ1n) is 10.3. The molecule has 0 unspecified atom stereocenters. The molecule has 0 aliphatic carbocycles. The second-order valence-electron chi connectivity index (χ2n) is 8.06. The number of aromatic nitrogens is 2. The summed E-state index contributed by atoms with van der Waals surface area (Å²) in [7, 11) is 0.272. The average molecular weight is 486 g/mol. The van der Waals surface area contributed by atoms with Crippen molar-refractivity contribution in [1.82, 2.24) is 9.78 Å². The molecule has 0 aliphatic heterocycles. The Morgan fingerprint density at radius 3 is 1.91 bits per heavy atom. The van der Waals surface area contributed by atoms with E-state index in [0.717, 1.165) is 11.9 Å². The van der Waals surface area contributed by atoms with Crippen molar-refractivity contribution >= 4 is 15.5 Å². The monoisotopic (exact) mass is 485 g/mol. The summed E-state index contributed by atoms with van der Waals surface area (Å²) in [5.74, 6) is 0. The molecule has 9 heteroatoms. The topological polar surface area (TPSA) is 55.2 Å². The van der Waals surface area contributed by atoms with Crippen LogP contribution in [0.1, 0.15) is 5.69 Å². The van der Waals surface area contributed by atoms with Crippen LogP contribution in [0.15, 0.2) is 83.8 Å². The zero-order valence-corrected chi connectivity index (χ0v) is 19.5. The molecule has 176 valence electrons. The van der Waals surface area contributed by atoms with Gasteiger partial charge in [-0.2, -0.15) is 18.3 Å². The van der Waals surface area contributed by atoms with E-state index < -0.39 is 21.7 Å². The van der Waals surface area contributed by atoms with Crippen LogP contribution in [0.2, 0.25) is 0 Å². The third-order valence-corrected chi connectivity index (χ3v) is 6.51. The molecule has 4 rings (SSSR count). The van der Waals surface area contributed by atoms with Crippen LogP contribution in [0.25, 0.3) is 28.1 Å². The van der Waals surface area contributed by atoms with Crippen LogP contribution in [-0.2, 0) is 16.0 Å². The van der Waals surface area contributed by atoms with E-state index in [1.54, 1.807) is 54.6 Å². The van der Waals surface area contributed by atoms with Crippen molar-refractivity contribution in [3.63, 3.8) is 0 Å². The minimum absolute atomic E-state index is 0.0723. The van der Waals surface area contributed by atoms with Crippen LogP contribution in [-0.4, -0.2) is 38.5 Å². The summed E-state index contributed by atoms with van der Waals surface area (Å²) in [6.07, 6.45) is -3.63. The fourth-order valence-corrected chi connectivity index (χ4v) is 4.33. The fraction of sp³-hybridized carbons (Fsp3) is 0.160. The van der Waals surface area contributed by atoms with E-state index in [0.29, 0.717) is 16.8 Å². The second-order valence-corrected chi connectivity index (χ2v) is 10.1. The van der Waals surface area contributed by atoms with Crippen molar-refractivity contribution in [3.8, 4) is 28.1 Å². The molecule has 0 bridgehead atoms. The number of sulfone groups is 1. The summed E-state index contributed by atoms with van der Waals surface area (Å²) in [5.41, 5.74) is 1.22. The first-order valence-corrected chi connectivity index (χ1v) is 12.2. The van der Waals surface area contributed by atoms with Crippen LogP contribution >= 0.6 is 0 Å². The quantitative estimate of drug-likeness (QED) is 0.364. The van der Waals surface area contributed by atoms with Gasteiger partial charge in [0, 0.05) is 37.2 Å². The molecule has 0 atom stereocenters. The molecule has 0 saturated heterocycles. The predicted octanol–water partition coefficient (Wildman–Crippen LogP) is 5.69. The lowest BCUT2D eigenvalue weighted by atomic mass is 9.98. The molecule has 0 aliphatic rings. The number of alkyl halides is 3. The van der Waals surface area contributed by atoms with E-state index in [2.05, 4.69) is 5.10 Å². The Labute approximate surface area is 196 Å². The number of benzene rings is 3. The smallest absolute Gasteiger partial charge is 0.378 e. The van der Waals surface area contributed by atoms with Crippen molar-refractivity contribution in [2.75, 3.05) is 25.3 Å². The highest BCUT2D eigenvalue weighted by molar-refractivity contribution is 7.90. The van der Waals surface area contributed by atoms with E-state index in [-0.39, 0.29) is 16.2 Å². The van der Waals surface area contributed by atoms with E-state index in [1.165, 1.54) is 28.9 Å². The minimum Gasteiger partial charge on any atom is -0.378 e. The Kier molecular flexibility index (Phi) is 5.99. The predicted molar refractivity (Wildman–Crippen MR) is 127 cm³/mol. The van der Waals surface area contributed by atoms with Gasteiger partial charge in [0.2, 0.25) is 0 Å². The van der Waals surface area contributed by atoms with Gasteiger partial charge in [0.15, 0.2) is 15.5 Å². The summed E-state index contributed by atoms with van der Waals surface area (Å²) < 4.78 is 67.6. The number of hydrogen-bond donors (Lipinski definition) is 0. The van der Waals surface area contributed by atoms with Crippen LogP contribution in [0.5, 0.6) is 0 Å². The number of rotatable bonds is 5. The first-order chi connectivity index (χ1) is 16.0. The summed E-state index contributed by atoms with van der Waals surface area (Å²) in [6, 6.07) is 21.0. The Balaban J connectivity index is 2.04. The third-order valence-electron chi connectivity index (χ3n) is 5.38. The molecular weight excluding hydrogens is 463 g/mol. The van der Waals surface area contributed by atoms with Crippen molar-refractivity contribution in [2.24, 2.45) is 0 Å². The maximum atomic E-state index is 14.2. The van der Waals surface area contributed by atoms with Crippen molar-refractivity contribution in [1.29, 1.82) is 0 Å². The average Bonchev–Trinajstić information content (AvgIpc) is 3.20. The molecule has 5 nitrogen and oxygen atoms in total. The molecule has 0 spiro atoms. The summed E-state index contributed by atoms with van der Waals surface area (Å²) >= 11 is 0. The van der Waals surface area contributed by atoms with E-state index in [4.69, 9.17) is 0 Å². The van der Waals surface area contributed by atoms with Crippen LogP contribution in [0.4, 0.5) is 18.9 Å². The van der Waals surface area contributed by atoms with Crippen molar-refractivity contribution < 1.29 is 21.6 Å². The van der Waals surface area contributed by atoms with Gasteiger partial charge in [-0.15, -0.1) is 0 Å². The Bertz CT molecular complexity index is 1410. The van der Waals surface area contributed by atoms with Crippen molar-refractivity contribution in [2.45, 2.75) is 11.1 Å². The normalized spacial score (nSPS) is 12.1. The Morgan fingerprint density at radius 2 is 1.41 bits per heavy atom. The number of anilines is 1. The SMILES string of the molecule is CN(C)c1ccc(-n2nc(C(F)(F)F)c(-c3ccccc3)c2-c2ccc(S(C)(=O)=O)cc2)cc1. The summed E-state index contributed by atoms with van der Waals surface area (Å²) in [6.45, 7) is 0. The highest BCUT2D eigenvalue weighted by atomic mass is 32.2. The van der Waals surface area contributed by atoms with Gasteiger partial charge in [-0.3, -0.25) is 0 Å². The highest BCUT2D eigenvalue weighted by Gasteiger charge is 2.40. The van der Waals surface area contributed by atoms with E-state index in [9.17, 15) is 21.6 Å². The molecule has 0 saturated carbocycles. The lowest BCUT2D eigenvalue weighted by molar-refractivity contribution is -0.140. The second kappa shape index (κ2) is 8.64. The molecule has 0 amide bonds. The molecule has 0 fully saturated rings. The first kappa shape index (κ1) is 23.6. The Hall–Kier alpha value is -3.59. The van der Waals surface area contributed by atoms with Crippen LogP contribution in [0, 0.1) is 0 Å². The molecule has 1 heterocycles. The lowest BCUT2D eigenvalue weighted by Crippen LogP contribution is -2.09. The Morgan fingerprint density at radius 1 is 0.824 bits per heavy atom. The molecule has 1 aromatic heterocycles. The van der Waals surface area contributed by atoms with Gasteiger partial charge in [-0.05, 0) is 42.0 Å². The fourth-order valence-electron chi connectivity index (χ4n) is 3.70. The molecule has 0 radical (unpaired) electrons. The summed E-state index contributed by atoms with van der Waals surface area (Å²) in [5, 5.41) is 4.01. The van der Waals surface area contributed by atoms with E-state index in [1.807, 2.05) is 19.0 Å². The van der Waals surface area contributed by atoms with Gasteiger partial charge >= 0.3 is 6.18 Å². The third kappa shape index (κ3) is 4.56. The zero-order valence-electron chi connectivity index (χ0n) is 18.7. The number of nitrogens with zero attached hydrogens (tertiary/aromatic N) is 3. The van der Waals surface area contributed by atoms with Crippen LogP contribution < -0.4 is 4.90 Å². The molecular formula is C25H22F3N3O2S. The number of hydrogen-bond acceptors (Lipinski definition) is 4. The standard InChI is InChI=1S/C25H22F3N3O2S/c1-30(2)19-11-13-20(14-12-19)31-23(18-9-15-21(16-10-18)34(3,32)33)22(17-7-5-4-6-8-17)24(29-31)25(26,27)28/h4-16H,1-3H3. The largest absolute Gasteiger partial charge is 0.435 e. The van der Waals surface area contributed by atoms with Gasteiger partial charge in [-0.1, -0.05) is 42.5 Å². The maximum Gasteiger partial charge on any atom is 0.435 e. The van der Waals surface area contributed by atoms with Gasteiger partial charge in [0.25, 0.3) is 0 Å². The molecule has 4 aromatic rings. The van der Waals surface area contributed by atoms with Crippen LogP contribution in [0.3, 0.4) is 0 Å². The zero-order chi connectivity index (χ0) is 24.7. The summed E-state index contributed by atoms with van der Waals surface area (Å²) in [4.78, 5) is 1.96. The molecule has 0 N–H and O–H groups in total.